The molecular formula is C12H18N4O2S. The van der Waals surface area contributed by atoms with Gasteiger partial charge in [0.1, 0.15) is 5.82 Å². The standard InChI is InChI=1S/C12H18N4O2S/c1-12(2,3)16-19(17,18)13-8-11-14-9-6-4-5-7-10(9)15-11/h4-7,13,16H,8H2,1-3H3,(H,14,15). The summed E-state index contributed by atoms with van der Waals surface area (Å²) in [5, 5.41) is 0. The van der Waals surface area contributed by atoms with Gasteiger partial charge in [-0.3, -0.25) is 0 Å². The van der Waals surface area contributed by atoms with Crippen molar-refractivity contribution in [2.24, 2.45) is 0 Å². The molecule has 0 aliphatic carbocycles. The minimum absolute atomic E-state index is 0.125. The number of imidazole rings is 1. The quantitative estimate of drug-likeness (QED) is 0.789. The molecule has 7 heteroatoms. The van der Waals surface area contributed by atoms with Crippen molar-refractivity contribution < 1.29 is 8.42 Å². The molecule has 0 radical (unpaired) electrons. The third-order valence-electron chi connectivity index (χ3n) is 2.31. The van der Waals surface area contributed by atoms with Crippen LogP contribution in [-0.2, 0) is 16.8 Å². The molecule has 0 saturated carbocycles. The highest BCUT2D eigenvalue weighted by molar-refractivity contribution is 7.87. The monoisotopic (exact) mass is 282 g/mol. The zero-order chi connectivity index (χ0) is 14.1. The Balaban J connectivity index is 2.06. The first-order valence-corrected chi connectivity index (χ1v) is 7.46. The normalized spacial score (nSPS) is 13.0. The van der Waals surface area contributed by atoms with Crippen molar-refractivity contribution in [3.63, 3.8) is 0 Å². The number of benzene rings is 1. The highest BCUT2D eigenvalue weighted by Crippen LogP contribution is 2.10. The van der Waals surface area contributed by atoms with E-state index in [1.807, 2.05) is 24.3 Å². The van der Waals surface area contributed by atoms with Gasteiger partial charge in [-0.05, 0) is 32.9 Å². The van der Waals surface area contributed by atoms with Gasteiger partial charge in [-0.1, -0.05) is 12.1 Å². The summed E-state index contributed by atoms with van der Waals surface area (Å²) in [6.07, 6.45) is 0. The van der Waals surface area contributed by atoms with Crippen molar-refractivity contribution in [1.29, 1.82) is 0 Å². The second kappa shape index (κ2) is 4.92. The van der Waals surface area contributed by atoms with Crippen LogP contribution < -0.4 is 9.44 Å². The SMILES string of the molecule is CC(C)(C)NS(=O)(=O)NCc1nc2ccccc2[nH]1. The fraction of sp³-hybridized carbons (Fsp3) is 0.417. The lowest BCUT2D eigenvalue weighted by atomic mass is 10.1. The summed E-state index contributed by atoms with van der Waals surface area (Å²) in [6, 6.07) is 7.55. The maximum absolute atomic E-state index is 11.8. The van der Waals surface area contributed by atoms with E-state index in [-0.39, 0.29) is 6.54 Å². The molecule has 0 fully saturated rings. The van der Waals surface area contributed by atoms with E-state index in [4.69, 9.17) is 0 Å². The van der Waals surface area contributed by atoms with Gasteiger partial charge in [-0.15, -0.1) is 0 Å². The van der Waals surface area contributed by atoms with Crippen LogP contribution in [0.15, 0.2) is 24.3 Å². The van der Waals surface area contributed by atoms with Crippen LogP contribution in [-0.4, -0.2) is 23.9 Å². The molecule has 0 amide bonds. The molecule has 1 aromatic carbocycles. The van der Waals surface area contributed by atoms with E-state index in [0.717, 1.165) is 11.0 Å². The fourth-order valence-electron chi connectivity index (χ4n) is 1.69. The molecule has 0 saturated heterocycles. The summed E-state index contributed by atoms with van der Waals surface area (Å²) in [5.41, 5.74) is 1.20. The number of aromatic amines is 1. The van der Waals surface area contributed by atoms with Gasteiger partial charge in [-0.2, -0.15) is 17.9 Å². The largest absolute Gasteiger partial charge is 0.341 e. The first kappa shape index (κ1) is 14.0. The number of nitrogens with zero attached hydrogens (tertiary/aromatic N) is 1. The van der Waals surface area contributed by atoms with Crippen LogP contribution in [0.4, 0.5) is 0 Å². The summed E-state index contributed by atoms with van der Waals surface area (Å²) >= 11 is 0. The molecule has 19 heavy (non-hydrogen) atoms. The van der Waals surface area contributed by atoms with E-state index in [0.29, 0.717) is 5.82 Å². The maximum atomic E-state index is 11.8. The molecule has 2 rings (SSSR count). The van der Waals surface area contributed by atoms with E-state index in [2.05, 4.69) is 19.4 Å². The third kappa shape index (κ3) is 4.02. The molecule has 0 unspecified atom stereocenters. The number of H-pyrrole nitrogens is 1. The number of rotatable bonds is 4. The smallest absolute Gasteiger partial charge is 0.277 e. The second-order valence-corrected chi connectivity index (χ2v) is 6.88. The summed E-state index contributed by atoms with van der Waals surface area (Å²) in [6.45, 7) is 5.48. The Morgan fingerprint density at radius 2 is 1.95 bits per heavy atom. The average molecular weight is 282 g/mol. The van der Waals surface area contributed by atoms with Crippen molar-refractivity contribution in [1.82, 2.24) is 19.4 Å². The zero-order valence-corrected chi connectivity index (χ0v) is 12.0. The first-order chi connectivity index (χ1) is 8.75. The highest BCUT2D eigenvalue weighted by atomic mass is 32.2. The molecule has 2 aromatic rings. The van der Waals surface area contributed by atoms with E-state index in [1.165, 1.54) is 0 Å². The number of nitrogens with one attached hydrogen (secondary N) is 3. The van der Waals surface area contributed by atoms with Gasteiger partial charge < -0.3 is 4.98 Å². The predicted molar refractivity (Wildman–Crippen MR) is 74.7 cm³/mol. The maximum Gasteiger partial charge on any atom is 0.277 e. The van der Waals surface area contributed by atoms with Crippen molar-refractivity contribution in [3.05, 3.63) is 30.1 Å². The van der Waals surface area contributed by atoms with Crippen LogP contribution in [0.2, 0.25) is 0 Å². The predicted octanol–water partition coefficient (Wildman–Crippen LogP) is 1.29. The van der Waals surface area contributed by atoms with Gasteiger partial charge in [-0.25, -0.2) is 4.98 Å². The Hall–Kier alpha value is -1.44. The topological polar surface area (TPSA) is 86.9 Å². The summed E-state index contributed by atoms with van der Waals surface area (Å²) in [7, 11) is -3.53. The third-order valence-corrected chi connectivity index (χ3v) is 3.71. The van der Waals surface area contributed by atoms with Crippen LogP contribution in [0.5, 0.6) is 0 Å². The Labute approximate surface area is 112 Å². The molecule has 1 heterocycles. The molecule has 0 aliphatic heterocycles. The van der Waals surface area contributed by atoms with Crippen LogP contribution in [0.1, 0.15) is 26.6 Å². The van der Waals surface area contributed by atoms with E-state index < -0.39 is 15.7 Å². The molecule has 3 N–H and O–H groups in total. The number of hydrogen-bond donors (Lipinski definition) is 3. The Morgan fingerprint density at radius 3 is 2.58 bits per heavy atom. The van der Waals surface area contributed by atoms with Crippen molar-refractivity contribution in [2.45, 2.75) is 32.9 Å². The zero-order valence-electron chi connectivity index (χ0n) is 11.2. The molecule has 0 atom stereocenters. The highest BCUT2D eigenvalue weighted by Gasteiger charge is 2.19. The van der Waals surface area contributed by atoms with E-state index in [9.17, 15) is 8.42 Å². The van der Waals surface area contributed by atoms with Crippen LogP contribution in [0.25, 0.3) is 11.0 Å². The van der Waals surface area contributed by atoms with Crippen LogP contribution >= 0.6 is 0 Å². The number of para-hydroxylation sites is 2. The average Bonchev–Trinajstić information content (AvgIpc) is 2.66. The van der Waals surface area contributed by atoms with E-state index >= 15 is 0 Å². The summed E-state index contributed by atoms with van der Waals surface area (Å²) in [4.78, 5) is 7.37. The lowest BCUT2D eigenvalue weighted by Crippen LogP contribution is -2.46. The molecule has 0 aliphatic rings. The van der Waals surface area contributed by atoms with Crippen LogP contribution in [0.3, 0.4) is 0 Å². The summed E-state index contributed by atoms with van der Waals surface area (Å²) < 4.78 is 28.5. The second-order valence-electron chi connectivity index (χ2n) is 5.38. The Kier molecular flexibility index (Phi) is 3.62. The number of hydrogen-bond acceptors (Lipinski definition) is 3. The molecule has 104 valence electrons. The minimum Gasteiger partial charge on any atom is -0.341 e. The van der Waals surface area contributed by atoms with Gasteiger partial charge in [0.25, 0.3) is 10.2 Å². The Bertz CT molecular complexity index is 637. The lowest BCUT2D eigenvalue weighted by Gasteiger charge is -2.20. The summed E-state index contributed by atoms with van der Waals surface area (Å²) in [5.74, 6) is 0.584. The minimum atomic E-state index is -3.53. The van der Waals surface area contributed by atoms with Crippen molar-refractivity contribution >= 4 is 21.2 Å². The number of aromatic nitrogens is 2. The molecule has 0 bridgehead atoms. The molecule has 1 aromatic heterocycles. The van der Waals surface area contributed by atoms with Crippen LogP contribution in [0, 0.1) is 0 Å². The Morgan fingerprint density at radius 1 is 1.26 bits per heavy atom. The fourth-order valence-corrected chi connectivity index (χ4v) is 2.90. The van der Waals surface area contributed by atoms with Gasteiger partial charge in [0.15, 0.2) is 0 Å². The molecular weight excluding hydrogens is 264 g/mol. The van der Waals surface area contributed by atoms with Gasteiger partial charge in [0.05, 0.1) is 17.6 Å². The van der Waals surface area contributed by atoms with Gasteiger partial charge >= 0.3 is 0 Å². The first-order valence-electron chi connectivity index (χ1n) is 5.97. The van der Waals surface area contributed by atoms with Gasteiger partial charge in [0, 0.05) is 5.54 Å². The van der Waals surface area contributed by atoms with Crippen molar-refractivity contribution in [2.75, 3.05) is 0 Å². The molecule has 0 spiro atoms. The number of fused-ring (bicyclic) bond motifs is 1. The van der Waals surface area contributed by atoms with E-state index in [1.54, 1.807) is 20.8 Å². The lowest BCUT2D eigenvalue weighted by molar-refractivity contribution is 0.483. The van der Waals surface area contributed by atoms with Gasteiger partial charge in [0.2, 0.25) is 0 Å². The molecule has 6 nitrogen and oxygen atoms in total. The van der Waals surface area contributed by atoms with Crippen molar-refractivity contribution in [3.8, 4) is 0 Å².